The van der Waals surface area contributed by atoms with Crippen LogP contribution >= 0.6 is 15.9 Å². The molecule has 20 heavy (non-hydrogen) atoms. The monoisotopic (exact) mass is 335 g/mol. The fourth-order valence-electron chi connectivity index (χ4n) is 2.56. The van der Waals surface area contributed by atoms with Crippen LogP contribution in [0.1, 0.15) is 17.7 Å². The van der Waals surface area contributed by atoms with Crippen LogP contribution in [0.4, 0.5) is 0 Å². The lowest BCUT2D eigenvalue weighted by Gasteiger charge is -2.17. The van der Waals surface area contributed by atoms with Crippen molar-refractivity contribution in [2.75, 3.05) is 13.6 Å². The van der Waals surface area contributed by atoms with Crippen molar-refractivity contribution in [3.05, 3.63) is 52.3 Å². The SMILES string of the molecule is CNCC(CCc1ccnn1C)Cc1cccc(Br)c1. The van der Waals surface area contributed by atoms with Crippen molar-refractivity contribution in [2.24, 2.45) is 13.0 Å². The predicted molar refractivity (Wildman–Crippen MR) is 86.8 cm³/mol. The number of benzene rings is 1. The Labute approximate surface area is 129 Å². The molecule has 0 spiro atoms. The number of nitrogens with zero attached hydrogens (tertiary/aromatic N) is 2. The van der Waals surface area contributed by atoms with E-state index < -0.39 is 0 Å². The van der Waals surface area contributed by atoms with Gasteiger partial charge >= 0.3 is 0 Å². The Hall–Kier alpha value is -1.13. The van der Waals surface area contributed by atoms with E-state index in [1.165, 1.54) is 17.7 Å². The Morgan fingerprint density at radius 2 is 2.20 bits per heavy atom. The average Bonchev–Trinajstić information content (AvgIpc) is 2.82. The van der Waals surface area contributed by atoms with Gasteiger partial charge in [-0.2, -0.15) is 5.10 Å². The molecule has 2 rings (SSSR count). The Morgan fingerprint density at radius 1 is 1.35 bits per heavy atom. The van der Waals surface area contributed by atoms with Crippen LogP contribution in [0.15, 0.2) is 41.0 Å². The molecule has 0 amide bonds. The van der Waals surface area contributed by atoms with E-state index in [9.17, 15) is 0 Å². The van der Waals surface area contributed by atoms with Crippen LogP contribution in [0, 0.1) is 5.92 Å². The first kappa shape index (κ1) is 15.3. The molecule has 0 aliphatic rings. The van der Waals surface area contributed by atoms with Crippen molar-refractivity contribution < 1.29 is 0 Å². The molecule has 1 N–H and O–H groups in total. The molecule has 0 radical (unpaired) electrons. The lowest BCUT2D eigenvalue weighted by Crippen LogP contribution is -2.21. The standard InChI is InChI=1S/C16H22BrN3/c1-18-12-14(6-7-16-8-9-19-20(16)2)10-13-4-3-5-15(17)11-13/h3-5,8-9,11,14,18H,6-7,10,12H2,1-2H3. The van der Waals surface area contributed by atoms with E-state index in [4.69, 9.17) is 0 Å². The molecule has 4 heteroatoms. The van der Waals surface area contributed by atoms with Gasteiger partial charge in [0, 0.05) is 23.4 Å². The van der Waals surface area contributed by atoms with Gasteiger partial charge in [0.25, 0.3) is 0 Å². The van der Waals surface area contributed by atoms with E-state index in [-0.39, 0.29) is 0 Å². The van der Waals surface area contributed by atoms with Gasteiger partial charge in [0.1, 0.15) is 0 Å². The lowest BCUT2D eigenvalue weighted by molar-refractivity contribution is 0.454. The highest BCUT2D eigenvalue weighted by Gasteiger charge is 2.11. The number of hydrogen-bond donors (Lipinski definition) is 1. The molecule has 1 heterocycles. The van der Waals surface area contributed by atoms with Crippen molar-refractivity contribution in [3.63, 3.8) is 0 Å². The molecule has 0 saturated heterocycles. The Kier molecular flexibility index (Phi) is 5.80. The number of halogens is 1. The number of rotatable bonds is 7. The molecule has 1 unspecified atom stereocenters. The van der Waals surface area contributed by atoms with Crippen LogP contribution in [0.2, 0.25) is 0 Å². The molecule has 0 bridgehead atoms. The topological polar surface area (TPSA) is 29.9 Å². The zero-order chi connectivity index (χ0) is 14.4. The van der Waals surface area contributed by atoms with Crippen molar-refractivity contribution in [1.29, 1.82) is 0 Å². The van der Waals surface area contributed by atoms with Gasteiger partial charge in [-0.15, -0.1) is 0 Å². The summed E-state index contributed by atoms with van der Waals surface area (Å²) >= 11 is 3.54. The normalized spacial score (nSPS) is 12.6. The first-order valence-electron chi connectivity index (χ1n) is 7.05. The molecule has 0 aliphatic heterocycles. The van der Waals surface area contributed by atoms with E-state index in [1.54, 1.807) is 0 Å². The molecule has 3 nitrogen and oxygen atoms in total. The van der Waals surface area contributed by atoms with Crippen LogP contribution in [0.5, 0.6) is 0 Å². The first-order chi connectivity index (χ1) is 9.69. The van der Waals surface area contributed by atoms with Gasteiger partial charge in [-0.1, -0.05) is 28.1 Å². The molecular weight excluding hydrogens is 314 g/mol. The van der Waals surface area contributed by atoms with Crippen LogP contribution < -0.4 is 5.32 Å². The second-order valence-electron chi connectivity index (χ2n) is 5.24. The number of nitrogens with one attached hydrogen (secondary N) is 1. The molecular formula is C16H22BrN3. The average molecular weight is 336 g/mol. The van der Waals surface area contributed by atoms with Gasteiger partial charge in [0.2, 0.25) is 0 Å². The maximum atomic E-state index is 4.23. The Balaban J connectivity index is 1.95. The molecule has 0 aliphatic carbocycles. The Morgan fingerprint density at radius 3 is 2.85 bits per heavy atom. The van der Waals surface area contributed by atoms with Gasteiger partial charge in [0.05, 0.1) is 0 Å². The van der Waals surface area contributed by atoms with E-state index in [0.29, 0.717) is 5.92 Å². The third-order valence-electron chi connectivity index (χ3n) is 3.64. The maximum Gasteiger partial charge on any atom is 0.0492 e. The summed E-state index contributed by atoms with van der Waals surface area (Å²) in [6.07, 6.45) is 5.23. The summed E-state index contributed by atoms with van der Waals surface area (Å²) in [5, 5.41) is 7.54. The fraction of sp³-hybridized carbons (Fsp3) is 0.438. The van der Waals surface area contributed by atoms with Crippen LogP contribution in [0.25, 0.3) is 0 Å². The highest BCUT2D eigenvalue weighted by molar-refractivity contribution is 9.10. The van der Waals surface area contributed by atoms with Gasteiger partial charge in [-0.25, -0.2) is 0 Å². The third-order valence-corrected chi connectivity index (χ3v) is 4.13. The molecule has 1 aromatic carbocycles. The number of hydrogen-bond acceptors (Lipinski definition) is 2. The fourth-order valence-corrected chi connectivity index (χ4v) is 3.01. The highest BCUT2D eigenvalue weighted by Crippen LogP contribution is 2.18. The third kappa shape index (κ3) is 4.46. The summed E-state index contributed by atoms with van der Waals surface area (Å²) in [7, 11) is 4.04. The van der Waals surface area contributed by atoms with Gasteiger partial charge in [0.15, 0.2) is 0 Å². The van der Waals surface area contributed by atoms with E-state index in [0.717, 1.165) is 23.9 Å². The summed E-state index contributed by atoms with van der Waals surface area (Å²) in [4.78, 5) is 0. The summed E-state index contributed by atoms with van der Waals surface area (Å²) in [6, 6.07) is 10.7. The quantitative estimate of drug-likeness (QED) is 0.842. The maximum absolute atomic E-state index is 4.23. The molecule has 1 atom stereocenters. The minimum absolute atomic E-state index is 0.643. The Bertz CT molecular complexity index is 536. The minimum atomic E-state index is 0.643. The van der Waals surface area contributed by atoms with Gasteiger partial charge in [-0.05, 0) is 62.5 Å². The molecule has 2 aromatic rings. The molecule has 0 saturated carbocycles. The van der Waals surface area contributed by atoms with Gasteiger partial charge < -0.3 is 5.32 Å². The summed E-state index contributed by atoms with van der Waals surface area (Å²) in [5.74, 6) is 0.643. The summed E-state index contributed by atoms with van der Waals surface area (Å²) < 4.78 is 3.13. The lowest BCUT2D eigenvalue weighted by atomic mass is 9.94. The van der Waals surface area contributed by atoms with Crippen molar-refractivity contribution >= 4 is 15.9 Å². The molecule has 0 fully saturated rings. The van der Waals surface area contributed by atoms with E-state index in [1.807, 2.05) is 25.0 Å². The second-order valence-corrected chi connectivity index (χ2v) is 6.16. The smallest absolute Gasteiger partial charge is 0.0492 e. The van der Waals surface area contributed by atoms with Crippen LogP contribution in [0.3, 0.4) is 0 Å². The van der Waals surface area contributed by atoms with Crippen LogP contribution in [-0.2, 0) is 19.9 Å². The van der Waals surface area contributed by atoms with Crippen molar-refractivity contribution in [3.8, 4) is 0 Å². The van der Waals surface area contributed by atoms with E-state index >= 15 is 0 Å². The van der Waals surface area contributed by atoms with Crippen molar-refractivity contribution in [1.82, 2.24) is 15.1 Å². The predicted octanol–water partition coefficient (Wildman–Crippen LogP) is 3.19. The molecule has 1 aromatic heterocycles. The first-order valence-corrected chi connectivity index (χ1v) is 7.84. The minimum Gasteiger partial charge on any atom is -0.319 e. The zero-order valence-corrected chi connectivity index (χ0v) is 13.7. The number of aromatic nitrogens is 2. The zero-order valence-electron chi connectivity index (χ0n) is 12.1. The van der Waals surface area contributed by atoms with Gasteiger partial charge in [-0.3, -0.25) is 4.68 Å². The second kappa shape index (κ2) is 7.60. The van der Waals surface area contributed by atoms with E-state index in [2.05, 4.69) is 56.7 Å². The summed E-state index contributed by atoms with van der Waals surface area (Å²) in [6.45, 7) is 1.05. The largest absolute Gasteiger partial charge is 0.319 e. The van der Waals surface area contributed by atoms with Crippen molar-refractivity contribution in [2.45, 2.75) is 19.3 Å². The summed E-state index contributed by atoms with van der Waals surface area (Å²) in [5.41, 5.74) is 2.70. The highest BCUT2D eigenvalue weighted by atomic mass is 79.9. The van der Waals surface area contributed by atoms with Crippen LogP contribution in [-0.4, -0.2) is 23.4 Å². The molecule has 108 valence electrons. The number of aryl methyl sites for hydroxylation is 2.